The largest absolute Gasteiger partial charge is 0.330 e. The Labute approximate surface area is 79.3 Å². The van der Waals surface area contributed by atoms with Gasteiger partial charge in [0.25, 0.3) is 0 Å². The Morgan fingerprint density at radius 2 is 2.33 bits per heavy atom. The van der Waals surface area contributed by atoms with Gasteiger partial charge in [0.2, 0.25) is 0 Å². The van der Waals surface area contributed by atoms with E-state index in [2.05, 4.69) is 20.9 Å². The minimum Gasteiger partial charge on any atom is -0.330 e. The summed E-state index contributed by atoms with van der Waals surface area (Å²) in [5.74, 6) is 0. The summed E-state index contributed by atoms with van der Waals surface area (Å²) in [5.41, 5.74) is 6.64. The minimum absolute atomic E-state index is 0.424. The standard InChI is InChI=1S/C8H8BrN3/c9-6-3-7(1-2-10)12-8(4-6)5-11/h3-4H,1-2,10H2. The molecule has 0 spiro atoms. The fourth-order valence-electron chi connectivity index (χ4n) is 0.884. The van der Waals surface area contributed by atoms with Crippen molar-refractivity contribution in [2.75, 3.05) is 6.54 Å². The molecule has 3 nitrogen and oxygen atoms in total. The molecular formula is C8H8BrN3. The van der Waals surface area contributed by atoms with Crippen LogP contribution in [0.2, 0.25) is 0 Å². The molecule has 1 aromatic heterocycles. The van der Waals surface area contributed by atoms with E-state index in [-0.39, 0.29) is 0 Å². The predicted molar refractivity (Wildman–Crippen MR) is 49.4 cm³/mol. The lowest BCUT2D eigenvalue weighted by atomic mass is 10.2. The summed E-state index contributed by atoms with van der Waals surface area (Å²) in [4.78, 5) is 4.07. The second-order valence-electron chi connectivity index (χ2n) is 2.31. The molecule has 1 rings (SSSR count). The van der Waals surface area contributed by atoms with Gasteiger partial charge in [-0.1, -0.05) is 15.9 Å². The number of rotatable bonds is 2. The Balaban J connectivity index is 3.00. The normalized spacial score (nSPS) is 9.42. The highest BCUT2D eigenvalue weighted by molar-refractivity contribution is 9.10. The van der Waals surface area contributed by atoms with Gasteiger partial charge in [-0.25, -0.2) is 4.98 Å². The summed E-state index contributed by atoms with van der Waals surface area (Å²) >= 11 is 3.29. The number of pyridine rings is 1. The van der Waals surface area contributed by atoms with Gasteiger partial charge in [-0.3, -0.25) is 0 Å². The van der Waals surface area contributed by atoms with E-state index in [4.69, 9.17) is 11.0 Å². The van der Waals surface area contributed by atoms with E-state index in [1.165, 1.54) is 0 Å². The SMILES string of the molecule is N#Cc1cc(Br)cc(CCN)n1. The minimum atomic E-state index is 0.424. The van der Waals surface area contributed by atoms with E-state index in [1.807, 2.05) is 12.1 Å². The Hall–Kier alpha value is -0.920. The van der Waals surface area contributed by atoms with Crippen LogP contribution in [0.15, 0.2) is 16.6 Å². The zero-order valence-electron chi connectivity index (χ0n) is 6.42. The number of nitrogens with zero attached hydrogens (tertiary/aromatic N) is 2. The quantitative estimate of drug-likeness (QED) is 0.824. The van der Waals surface area contributed by atoms with Gasteiger partial charge < -0.3 is 5.73 Å². The van der Waals surface area contributed by atoms with Crippen molar-refractivity contribution < 1.29 is 0 Å². The van der Waals surface area contributed by atoms with Gasteiger partial charge in [-0.05, 0) is 18.7 Å². The van der Waals surface area contributed by atoms with Gasteiger partial charge in [0.1, 0.15) is 11.8 Å². The van der Waals surface area contributed by atoms with E-state index in [0.717, 1.165) is 10.2 Å². The Kier molecular flexibility index (Phi) is 3.20. The molecule has 0 unspecified atom stereocenters. The molecule has 2 N–H and O–H groups in total. The van der Waals surface area contributed by atoms with E-state index >= 15 is 0 Å². The van der Waals surface area contributed by atoms with Crippen molar-refractivity contribution >= 4 is 15.9 Å². The van der Waals surface area contributed by atoms with Crippen molar-refractivity contribution in [1.82, 2.24) is 4.98 Å². The third-order valence-electron chi connectivity index (χ3n) is 1.36. The van der Waals surface area contributed by atoms with Crippen LogP contribution in [-0.4, -0.2) is 11.5 Å². The first-order valence-electron chi connectivity index (χ1n) is 3.53. The molecule has 0 fully saturated rings. The maximum absolute atomic E-state index is 8.59. The van der Waals surface area contributed by atoms with Crippen molar-refractivity contribution in [1.29, 1.82) is 5.26 Å². The number of nitriles is 1. The number of nitrogens with two attached hydrogens (primary N) is 1. The lowest BCUT2D eigenvalue weighted by molar-refractivity contribution is 0.917. The van der Waals surface area contributed by atoms with Gasteiger partial charge in [-0.2, -0.15) is 5.26 Å². The highest BCUT2D eigenvalue weighted by atomic mass is 79.9. The van der Waals surface area contributed by atoms with Crippen LogP contribution in [0.1, 0.15) is 11.4 Å². The highest BCUT2D eigenvalue weighted by Crippen LogP contribution is 2.12. The monoisotopic (exact) mass is 225 g/mol. The number of halogens is 1. The average molecular weight is 226 g/mol. The zero-order chi connectivity index (χ0) is 8.97. The maximum atomic E-state index is 8.59. The topological polar surface area (TPSA) is 62.7 Å². The third kappa shape index (κ3) is 2.29. The molecule has 1 aromatic rings. The van der Waals surface area contributed by atoms with Crippen molar-refractivity contribution in [3.8, 4) is 6.07 Å². The summed E-state index contributed by atoms with van der Waals surface area (Å²) in [6.45, 7) is 0.550. The molecule has 0 amide bonds. The van der Waals surface area contributed by atoms with Crippen LogP contribution < -0.4 is 5.73 Å². The van der Waals surface area contributed by atoms with E-state index < -0.39 is 0 Å². The van der Waals surface area contributed by atoms with Crippen LogP contribution in [0.5, 0.6) is 0 Å². The fraction of sp³-hybridized carbons (Fsp3) is 0.250. The Bertz CT molecular complexity index is 317. The second-order valence-corrected chi connectivity index (χ2v) is 3.23. The van der Waals surface area contributed by atoms with Crippen LogP contribution in [0, 0.1) is 11.3 Å². The molecule has 0 radical (unpaired) electrons. The van der Waals surface area contributed by atoms with Crippen LogP contribution in [-0.2, 0) is 6.42 Å². The highest BCUT2D eigenvalue weighted by Gasteiger charge is 1.99. The summed E-state index contributed by atoms with van der Waals surface area (Å²) in [6.07, 6.45) is 0.702. The zero-order valence-corrected chi connectivity index (χ0v) is 8.00. The molecule has 0 aliphatic rings. The average Bonchev–Trinajstić information content (AvgIpc) is 2.04. The van der Waals surface area contributed by atoms with Crippen LogP contribution >= 0.6 is 15.9 Å². The van der Waals surface area contributed by atoms with Crippen molar-refractivity contribution in [3.05, 3.63) is 28.0 Å². The molecule has 62 valence electrons. The summed E-state index contributed by atoms with van der Waals surface area (Å²) in [5, 5.41) is 8.59. The van der Waals surface area contributed by atoms with Crippen LogP contribution in [0.25, 0.3) is 0 Å². The molecule has 0 saturated carbocycles. The van der Waals surface area contributed by atoms with Gasteiger partial charge in [0, 0.05) is 16.6 Å². The summed E-state index contributed by atoms with van der Waals surface area (Å²) in [7, 11) is 0. The van der Waals surface area contributed by atoms with Crippen molar-refractivity contribution in [2.24, 2.45) is 5.73 Å². The second kappa shape index (κ2) is 4.19. The van der Waals surface area contributed by atoms with Crippen LogP contribution in [0.4, 0.5) is 0 Å². The lowest BCUT2D eigenvalue weighted by Crippen LogP contribution is -2.04. The molecule has 12 heavy (non-hydrogen) atoms. The maximum Gasteiger partial charge on any atom is 0.141 e. The molecule has 0 aliphatic carbocycles. The molecule has 0 saturated heterocycles. The molecule has 1 heterocycles. The van der Waals surface area contributed by atoms with E-state index in [1.54, 1.807) is 6.07 Å². The van der Waals surface area contributed by atoms with E-state index in [9.17, 15) is 0 Å². The Morgan fingerprint density at radius 1 is 1.58 bits per heavy atom. The van der Waals surface area contributed by atoms with Crippen molar-refractivity contribution in [3.63, 3.8) is 0 Å². The molecule has 0 atom stereocenters. The fourth-order valence-corrected chi connectivity index (χ4v) is 1.37. The van der Waals surface area contributed by atoms with Gasteiger partial charge in [-0.15, -0.1) is 0 Å². The molecule has 4 heteroatoms. The van der Waals surface area contributed by atoms with E-state index in [0.29, 0.717) is 18.7 Å². The third-order valence-corrected chi connectivity index (χ3v) is 1.82. The van der Waals surface area contributed by atoms with Crippen LogP contribution in [0.3, 0.4) is 0 Å². The van der Waals surface area contributed by atoms with Gasteiger partial charge in [0.05, 0.1) is 0 Å². The smallest absolute Gasteiger partial charge is 0.141 e. The summed E-state index contributed by atoms with van der Waals surface area (Å²) in [6, 6.07) is 5.53. The molecular weight excluding hydrogens is 218 g/mol. The number of hydrogen-bond acceptors (Lipinski definition) is 3. The van der Waals surface area contributed by atoms with Crippen molar-refractivity contribution in [2.45, 2.75) is 6.42 Å². The molecule has 0 bridgehead atoms. The van der Waals surface area contributed by atoms with Gasteiger partial charge >= 0.3 is 0 Å². The van der Waals surface area contributed by atoms with Gasteiger partial charge in [0.15, 0.2) is 0 Å². The first kappa shape index (κ1) is 9.17. The Morgan fingerprint density at radius 3 is 2.92 bits per heavy atom. The first-order chi connectivity index (χ1) is 5.76. The predicted octanol–water partition coefficient (Wildman–Crippen LogP) is 1.22. The summed E-state index contributed by atoms with van der Waals surface area (Å²) < 4.78 is 0.873. The number of aromatic nitrogens is 1. The molecule has 0 aliphatic heterocycles. The number of hydrogen-bond donors (Lipinski definition) is 1. The molecule has 0 aromatic carbocycles. The first-order valence-corrected chi connectivity index (χ1v) is 4.32. The lowest BCUT2D eigenvalue weighted by Gasteiger charge is -1.98.